The van der Waals surface area contributed by atoms with Crippen LogP contribution in [0.1, 0.15) is 29.8 Å². The Hall–Kier alpha value is -2.89. The number of carbonyl (C=O) groups excluding carboxylic acids is 1. The van der Waals surface area contributed by atoms with Gasteiger partial charge in [-0.25, -0.2) is 0 Å². The molecule has 0 fully saturated rings. The molecule has 0 radical (unpaired) electrons. The number of hydrogen-bond acceptors (Lipinski definition) is 4. The monoisotopic (exact) mass is 327 g/mol. The first-order valence-electron chi connectivity index (χ1n) is 7.88. The van der Waals surface area contributed by atoms with E-state index in [1.807, 2.05) is 24.3 Å². The molecule has 24 heavy (non-hydrogen) atoms. The van der Waals surface area contributed by atoms with Crippen LogP contribution < -0.4 is 10.2 Å². The molecule has 126 valence electrons. The zero-order chi connectivity index (χ0) is 17.7. The number of nitrogens with zero attached hydrogens (tertiary/aromatic N) is 2. The van der Waals surface area contributed by atoms with Crippen LogP contribution in [-0.2, 0) is 0 Å². The fraction of sp³-hybridized carbons (Fsp3) is 0.278. The van der Waals surface area contributed by atoms with Crippen molar-refractivity contribution in [3.8, 4) is 0 Å². The lowest BCUT2D eigenvalue weighted by Gasteiger charge is -2.21. The molecule has 0 aliphatic carbocycles. The normalized spacial score (nSPS) is 10.3. The third-order valence-electron chi connectivity index (χ3n) is 4.00. The van der Waals surface area contributed by atoms with Gasteiger partial charge in [-0.1, -0.05) is 6.07 Å². The number of hydrogen-bond donors (Lipinski definition) is 1. The average Bonchev–Trinajstić information content (AvgIpc) is 2.57. The Labute approximate surface area is 141 Å². The number of amides is 1. The Morgan fingerprint density at radius 3 is 2.29 bits per heavy atom. The second kappa shape index (κ2) is 7.59. The molecule has 2 aromatic rings. The minimum atomic E-state index is -0.481. The standard InChI is InChI=1S/C18H21N3O3/c1-4-20(5-2)15-11-9-14(10-12-15)19-18(22)16-7-6-8-17(13(16)3)21(23)24/h6-12H,4-5H2,1-3H3,(H,19,22). The number of anilines is 2. The first kappa shape index (κ1) is 17.5. The van der Waals surface area contributed by atoms with Crippen molar-refractivity contribution in [2.24, 2.45) is 0 Å². The van der Waals surface area contributed by atoms with Gasteiger partial charge in [-0.05, 0) is 51.1 Å². The lowest BCUT2D eigenvalue weighted by atomic mass is 10.1. The predicted octanol–water partition coefficient (Wildman–Crippen LogP) is 4.00. The van der Waals surface area contributed by atoms with Crippen LogP contribution in [0.3, 0.4) is 0 Å². The molecule has 1 amide bonds. The van der Waals surface area contributed by atoms with Gasteiger partial charge in [0.25, 0.3) is 11.6 Å². The highest BCUT2D eigenvalue weighted by molar-refractivity contribution is 6.05. The molecule has 0 aliphatic heterocycles. The number of nitro benzene ring substituents is 1. The molecule has 0 bridgehead atoms. The van der Waals surface area contributed by atoms with E-state index in [2.05, 4.69) is 24.1 Å². The van der Waals surface area contributed by atoms with Gasteiger partial charge in [-0.2, -0.15) is 0 Å². The van der Waals surface area contributed by atoms with E-state index in [1.165, 1.54) is 12.1 Å². The van der Waals surface area contributed by atoms with E-state index in [4.69, 9.17) is 0 Å². The molecular formula is C18H21N3O3. The fourth-order valence-corrected chi connectivity index (χ4v) is 2.61. The Kier molecular flexibility index (Phi) is 5.52. The summed E-state index contributed by atoms with van der Waals surface area (Å²) >= 11 is 0. The molecule has 0 heterocycles. The third kappa shape index (κ3) is 3.71. The first-order chi connectivity index (χ1) is 11.5. The van der Waals surface area contributed by atoms with Crippen LogP contribution in [0.2, 0.25) is 0 Å². The van der Waals surface area contributed by atoms with E-state index in [0.29, 0.717) is 16.8 Å². The lowest BCUT2D eigenvalue weighted by Crippen LogP contribution is -2.21. The van der Waals surface area contributed by atoms with Gasteiger partial charge in [0.05, 0.1) is 4.92 Å². The van der Waals surface area contributed by atoms with E-state index in [1.54, 1.807) is 13.0 Å². The maximum Gasteiger partial charge on any atom is 0.273 e. The molecule has 0 spiro atoms. The van der Waals surface area contributed by atoms with Crippen LogP contribution in [0, 0.1) is 17.0 Å². The van der Waals surface area contributed by atoms with Crippen LogP contribution in [-0.4, -0.2) is 23.9 Å². The van der Waals surface area contributed by atoms with Gasteiger partial charge in [-0.15, -0.1) is 0 Å². The quantitative estimate of drug-likeness (QED) is 0.642. The van der Waals surface area contributed by atoms with Crippen molar-refractivity contribution in [2.45, 2.75) is 20.8 Å². The molecule has 0 atom stereocenters. The summed E-state index contributed by atoms with van der Waals surface area (Å²) in [5.41, 5.74) is 2.35. The molecule has 0 unspecified atom stereocenters. The second-order valence-electron chi connectivity index (χ2n) is 5.38. The van der Waals surface area contributed by atoms with Gasteiger partial charge in [0.15, 0.2) is 0 Å². The summed E-state index contributed by atoms with van der Waals surface area (Å²) in [6.45, 7) is 7.58. The Balaban J connectivity index is 2.18. The smallest absolute Gasteiger partial charge is 0.273 e. The van der Waals surface area contributed by atoms with E-state index in [0.717, 1.165) is 18.8 Å². The molecule has 0 saturated carbocycles. The highest BCUT2D eigenvalue weighted by Gasteiger charge is 2.18. The maximum absolute atomic E-state index is 12.4. The summed E-state index contributed by atoms with van der Waals surface area (Å²) in [6.07, 6.45) is 0. The van der Waals surface area contributed by atoms with Gasteiger partial charge in [0.2, 0.25) is 0 Å². The molecular weight excluding hydrogens is 306 g/mol. The lowest BCUT2D eigenvalue weighted by molar-refractivity contribution is -0.385. The van der Waals surface area contributed by atoms with Crippen LogP contribution in [0.5, 0.6) is 0 Å². The van der Waals surface area contributed by atoms with E-state index in [9.17, 15) is 14.9 Å². The van der Waals surface area contributed by atoms with Crippen molar-refractivity contribution in [1.29, 1.82) is 0 Å². The highest BCUT2D eigenvalue weighted by atomic mass is 16.6. The predicted molar refractivity (Wildman–Crippen MR) is 95.8 cm³/mol. The molecule has 1 N–H and O–H groups in total. The van der Waals surface area contributed by atoms with Crippen LogP contribution in [0.4, 0.5) is 17.1 Å². The molecule has 2 rings (SSSR count). The van der Waals surface area contributed by atoms with Crippen molar-refractivity contribution in [2.75, 3.05) is 23.3 Å². The van der Waals surface area contributed by atoms with Crippen molar-refractivity contribution in [3.05, 3.63) is 63.7 Å². The number of nitrogens with one attached hydrogen (secondary N) is 1. The van der Waals surface area contributed by atoms with Gasteiger partial charge < -0.3 is 10.2 Å². The molecule has 0 aromatic heterocycles. The van der Waals surface area contributed by atoms with Gasteiger partial charge in [0.1, 0.15) is 0 Å². The minimum absolute atomic E-state index is 0.0560. The zero-order valence-corrected chi connectivity index (χ0v) is 14.1. The summed E-state index contributed by atoms with van der Waals surface area (Å²) < 4.78 is 0. The van der Waals surface area contributed by atoms with Crippen LogP contribution in [0.15, 0.2) is 42.5 Å². The van der Waals surface area contributed by atoms with Gasteiger partial charge in [-0.3, -0.25) is 14.9 Å². The zero-order valence-electron chi connectivity index (χ0n) is 14.1. The molecule has 6 heteroatoms. The van der Waals surface area contributed by atoms with E-state index < -0.39 is 4.92 Å². The highest BCUT2D eigenvalue weighted by Crippen LogP contribution is 2.23. The van der Waals surface area contributed by atoms with Gasteiger partial charge >= 0.3 is 0 Å². The molecule has 2 aromatic carbocycles. The van der Waals surface area contributed by atoms with Crippen LogP contribution in [0.25, 0.3) is 0 Å². The third-order valence-corrected chi connectivity index (χ3v) is 4.00. The van der Waals surface area contributed by atoms with E-state index in [-0.39, 0.29) is 11.6 Å². The number of benzene rings is 2. The van der Waals surface area contributed by atoms with Crippen molar-refractivity contribution in [1.82, 2.24) is 0 Å². The van der Waals surface area contributed by atoms with Crippen molar-refractivity contribution < 1.29 is 9.72 Å². The van der Waals surface area contributed by atoms with Gasteiger partial charge in [0, 0.05) is 41.7 Å². The Morgan fingerprint density at radius 1 is 1.12 bits per heavy atom. The summed E-state index contributed by atoms with van der Waals surface area (Å²) in [6, 6.07) is 12.1. The summed E-state index contributed by atoms with van der Waals surface area (Å²) in [4.78, 5) is 25.1. The fourth-order valence-electron chi connectivity index (χ4n) is 2.61. The van der Waals surface area contributed by atoms with Crippen molar-refractivity contribution >= 4 is 23.0 Å². The summed E-state index contributed by atoms with van der Waals surface area (Å²) in [7, 11) is 0. The molecule has 0 aliphatic rings. The summed E-state index contributed by atoms with van der Waals surface area (Å²) in [5.74, 6) is -0.355. The van der Waals surface area contributed by atoms with Crippen molar-refractivity contribution in [3.63, 3.8) is 0 Å². The topological polar surface area (TPSA) is 75.5 Å². The summed E-state index contributed by atoms with van der Waals surface area (Å²) in [5, 5.41) is 13.8. The number of nitro groups is 1. The number of rotatable bonds is 6. The SMILES string of the molecule is CCN(CC)c1ccc(NC(=O)c2cccc([N+](=O)[O-])c2C)cc1. The first-order valence-corrected chi connectivity index (χ1v) is 7.88. The average molecular weight is 327 g/mol. The maximum atomic E-state index is 12.4. The minimum Gasteiger partial charge on any atom is -0.372 e. The molecule has 6 nitrogen and oxygen atoms in total. The Bertz CT molecular complexity index is 738. The Morgan fingerprint density at radius 2 is 1.75 bits per heavy atom. The molecule has 0 saturated heterocycles. The second-order valence-corrected chi connectivity index (χ2v) is 5.38. The largest absolute Gasteiger partial charge is 0.372 e. The van der Waals surface area contributed by atoms with E-state index >= 15 is 0 Å². The number of carbonyl (C=O) groups is 1. The van der Waals surface area contributed by atoms with Crippen LogP contribution >= 0.6 is 0 Å².